The van der Waals surface area contributed by atoms with E-state index in [-0.39, 0.29) is 30.2 Å². The van der Waals surface area contributed by atoms with Gasteiger partial charge in [-0.05, 0) is 49.6 Å². The fourth-order valence-electron chi connectivity index (χ4n) is 3.10. The van der Waals surface area contributed by atoms with E-state index in [0.29, 0.717) is 27.2 Å². The number of hydrogen-bond acceptors (Lipinski definition) is 3. The van der Waals surface area contributed by atoms with Crippen molar-refractivity contribution in [3.63, 3.8) is 0 Å². The topological polar surface area (TPSA) is 49.4 Å². The fourth-order valence-corrected chi connectivity index (χ4v) is 4.95. The number of carbonyl (C=O) groups excluding carboxylic acids is 2. The molecule has 0 fully saturated rings. The molecule has 0 saturated heterocycles. The first-order valence-corrected chi connectivity index (χ1v) is 12.4. The van der Waals surface area contributed by atoms with Crippen LogP contribution in [-0.2, 0) is 21.9 Å². The predicted octanol–water partition coefficient (Wildman–Crippen LogP) is 6.21. The Hall–Kier alpha value is -1.40. The Morgan fingerprint density at radius 1 is 1.00 bits per heavy atom. The lowest BCUT2D eigenvalue weighted by atomic mass is 10.1. The van der Waals surface area contributed by atoms with E-state index >= 15 is 0 Å². The molecule has 0 radical (unpaired) electrons. The average Bonchev–Trinajstić information content (AvgIpc) is 2.70. The summed E-state index contributed by atoms with van der Waals surface area (Å²) < 4.78 is 0. The maximum atomic E-state index is 13.2. The van der Waals surface area contributed by atoms with Gasteiger partial charge in [0.25, 0.3) is 0 Å². The molecule has 2 rings (SSSR count). The van der Waals surface area contributed by atoms with Gasteiger partial charge in [-0.3, -0.25) is 9.59 Å². The maximum absolute atomic E-state index is 13.2. The molecule has 168 valence electrons. The Morgan fingerprint density at radius 3 is 2.19 bits per heavy atom. The summed E-state index contributed by atoms with van der Waals surface area (Å²) in [5.74, 6) is 0.382. The van der Waals surface area contributed by atoms with Crippen LogP contribution in [0.2, 0.25) is 15.1 Å². The molecule has 0 spiro atoms. The van der Waals surface area contributed by atoms with Crippen LogP contribution >= 0.6 is 46.6 Å². The number of nitrogens with one attached hydrogen (secondary N) is 1. The molecule has 0 heterocycles. The SMILES string of the molecule is CC[C@H](C(=O)NC(C)C)N(Cc1ccccc1Cl)C(=O)CSCc1c(Cl)cccc1Cl. The summed E-state index contributed by atoms with van der Waals surface area (Å²) in [6.07, 6.45) is 0.496. The van der Waals surface area contributed by atoms with Crippen molar-refractivity contribution < 1.29 is 9.59 Å². The summed E-state index contributed by atoms with van der Waals surface area (Å²) in [5, 5.41) is 4.63. The molecule has 2 aromatic rings. The van der Waals surface area contributed by atoms with Gasteiger partial charge in [-0.1, -0.05) is 66.0 Å². The van der Waals surface area contributed by atoms with E-state index in [9.17, 15) is 9.59 Å². The van der Waals surface area contributed by atoms with Crippen LogP contribution in [0.1, 0.15) is 38.3 Å². The molecular formula is C23H27Cl3N2O2S. The zero-order valence-corrected chi connectivity index (χ0v) is 20.9. The second kappa shape index (κ2) is 12.6. The molecule has 4 nitrogen and oxygen atoms in total. The van der Waals surface area contributed by atoms with Gasteiger partial charge in [-0.2, -0.15) is 0 Å². The molecule has 8 heteroatoms. The lowest BCUT2D eigenvalue weighted by molar-refractivity contribution is -0.139. The quantitative estimate of drug-likeness (QED) is 0.421. The molecule has 0 aliphatic heterocycles. The zero-order chi connectivity index (χ0) is 23.0. The average molecular weight is 502 g/mol. The summed E-state index contributed by atoms with van der Waals surface area (Å²) in [6, 6.07) is 12.1. The van der Waals surface area contributed by atoms with E-state index in [4.69, 9.17) is 34.8 Å². The van der Waals surface area contributed by atoms with Crippen molar-refractivity contribution in [2.45, 2.75) is 51.6 Å². The Morgan fingerprint density at radius 2 is 1.61 bits per heavy atom. The third-order valence-electron chi connectivity index (χ3n) is 4.65. The van der Waals surface area contributed by atoms with E-state index in [2.05, 4.69) is 5.32 Å². The van der Waals surface area contributed by atoms with Crippen LogP contribution in [0.5, 0.6) is 0 Å². The highest BCUT2D eigenvalue weighted by atomic mass is 35.5. The lowest BCUT2D eigenvalue weighted by Gasteiger charge is -2.31. The normalized spacial score (nSPS) is 12.0. The highest BCUT2D eigenvalue weighted by molar-refractivity contribution is 7.99. The molecule has 1 N–H and O–H groups in total. The molecule has 0 aliphatic carbocycles. The zero-order valence-electron chi connectivity index (χ0n) is 17.8. The van der Waals surface area contributed by atoms with Crippen LogP contribution in [0.15, 0.2) is 42.5 Å². The minimum atomic E-state index is -0.587. The smallest absolute Gasteiger partial charge is 0.243 e. The highest BCUT2D eigenvalue weighted by Gasteiger charge is 2.29. The van der Waals surface area contributed by atoms with Crippen LogP contribution < -0.4 is 5.32 Å². The Kier molecular flexibility index (Phi) is 10.5. The van der Waals surface area contributed by atoms with Crippen molar-refractivity contribution in [2.24, 2.45) is 0 Å². The second-order valence-corrected chi connectivity index (χ2v) is 9.60. The number of thioether (sulfide) groups is 1. The number of carbonyl (C=O) groups is 2. The number of benzene rings is 2. The van der Waals surface area contributed by atoms with Crippen LogP contribution in [0.3, 0.4) is 0 Å². The maximum Gasteiger partial charge on any atom is 0.243 e. The molecular weight excluding hydrogens is 475 g/mol. The molecule has 0 bridgehead atoms. The lowest BCUT2D eigenvalue weighted by Crippen LogP contribution is -2.51. The number of halogens is 3. The van der Waals surface area contributed by atoms with Gasteiger partial charge in [0.15, 0.2) is 0 Å². The highest BCUT2D eigenvalue weighted by Crippen LogP contribution is 2.29. The van der Waals surface area contributed by atoms with Gasteiger partial charge >= 0.3 is 0 Å². The monoisotopic (exact) mass is 500 g/mol. The van der Waals surface area contributed by atoms with Crippen LogP contribution in [0.4, 0.5) is 0 Å². The number of rotatable bonds is 10. The van der Waals surface area contributed by atoms with Gasteiger partial charge in [0.2, 0.25) is 11.8 Å². The van der Waals surface area contributed by atoms with E-state index in [1.165, 1.54) is 11.8 Å². The van der Waals surface area contributed by atoms with Gasteiger partial charge in [-0.25, -0.2) is 0 Å². The first-order chi connectivity index (χ1) is 14.7. The molecule has 0 aliphatic rings. The molecule has 31 heavy (non-hydrogen) atoms. The van der Waals surface area contributed by atoms with Crippen LogP contribution in [0, 0.1) is 0 Å². The molecule has 2 aromatic carbocycles. The van der Waals surface area contributed by atoms with Crippen molar-refractivity contribution in [2.75, 3.05) is 5.75 Å². The van der Waals surface area contributed by atoms with Crippen molar-refractivity contribution >= 4 is 58.4 Å². The number of amides is 2. The van der Waals surface area contributed by atoms with Gasteiger partial charge in [0.05, 0.1) is 5.75 Å². The molecule has 0 saturated carbocycles. The van der Waals surface area contributed by atoms with Crippen molar-refractivity contribution in [1.29, 1.82) is 0 Å². The van der Waals surface area contributed by atoms with Crippen molar-refractivity contribution in [3.8, 4) is 0 Å². The Labute approximate surface area is 203 Å². The third kappa shape index (κ3) is 7.60. The van der Waals surface area contributed by atoms with Gasteiger partial charge in [0.1, 0.15) is 6.04 Å². The number of nitrogens with zero attached hydrogens (tertiary/aromatic N) is 1. The summed E-state index contributed by atoms with van der Waals surface area (Å²) in [6.45, 7) is 5.95. The summed E-state index contributed by atoms with van der Waals surface area (Å²) in [7, 11) is 0. The number of hydrogen-bond donors (Lipinski definition) is 1. The predicted molar refractivity (Wildman–Crippen MR) is 132 cm³/mol. The molecule has 0 aromatic heterocycles. The summed E-state index contributed by atoms with van der Waals surface area (Å²) in [5.41, 5.74) is 1.60. The van der Waals surface area contributed by atoms with Gasteiger partial charge in [-0.15, -0.1) is 11.8 Å². The summed E-state index contributed by atoms with van der Waals surface area (Å²) >= 11 is 20.2. The minimum absolute atomic E-state index is 0.0180. The van der Waals surface area contributed by atoms with E-state index < -0.39 is 6.04 Å². The van der Waals surface area contributed by atoms with E-state index in [1.54, 1.807) is 29.2 Å². The van der Waals surface area contributed by atoms with Crippen LogP contribution in [0.25, 0.3) is 0 Å². The molecule has 1 atom stereocenters. The first kappa shape index (κ1) is 25.9. The Bertz CT molecular complexity index is 888. The fraction of sp³-hybridized carbons (Fsp3) is 0.391. The van der Waals surface area contributed by atoms with E-state index in [1.807, 2.05) is 39.0 Å². The summed E-state index contributed by atoms with van der Waals surface area (Å²) in [4.78, 5) is 27.6. The largest absolute Gasteiger partial charge is 0.352 e. The third-order valence-corrected chi connectivity index (χ3v) is 6.67. The molecule has 0 unspecified atom stereocenters. The van der Waals surface area contributed by atoms with Crippen molar-refractivity contribution in [3.05, 3.63) is 68.7 Å². The second-order valence-electron chi connectivity index (χ2n) is 7.39. The standard InChI is InChI=1S/C23H27Cl3N2O2S/c1-4-21(23(30)27-15(2)3)28(12-16-8-5-6-9-18(16)24)22(29)14-31-13-17-19(25)10-7-11-20(17)26/h5-11,15,21H,4,12-14H2,1-3H3,(H,27,30)/t21-/m1/s1. The molecule has 2 amide bonds. The van der Waals surface area contributed by atoms with Crippen LogP contribution in [-0.4, -0.2) is 34.6 Å². The van der Waals surface area contributed by atoms with E-state index in [0.717, 1.165) is 11.1 Å². The first-order valence-electron chi connectivity index (χ1n) is 10.1. The van der Waals surface area contributed by atoms with Gasteiger partial charge < -0.3 is 10.2 Å². The van der Waals surface area contributed by atoms with Gasteiger partial charge in [0, 0.05) is 33.4 Å². The Balaban J connectivity index is 2.18. The minimum Gasteiger partial charge on any atom is -0.352 e. The van der Waals surface area contributed by atoms with Crippen molar-refractivity contribution in [1.82, 2.24) is 10.2 Å².